The van der Waals surface area contributed by atoms with Crippen LogP contribution in [0.4, 0.5) is 0 Å². The van der Waals surface area contributed by atoms with Crippen molar-refractivity contribution in [3.63, 3.8) is 0 Å². The zero-order valence-corrected chi connectivity index (χ0v) is 12.7. The fourth-order valence-corrected chi connectivity index (χ4v) is 3.85. The Balaban J connectivity index is 1.76. The fourth-order valence-electron chi connectivity index (χ4n) is 3.18. The normalized spacial score (nSPS) is 26.3. The zero-order chi connectivity index (χ0) is 13.4. The van der Waals surface area contributed by atoms with Gasteiger partial charge in [-0.3, -0.25) is 4.79 Å². The molecule has 1 amide bonds. The molecule has 0 aromatic heterocycles. The van der Waals surface area contributed by atoms with Gasteiger partial charge in [0.1, 0.15) is 0 Å². The molecule has 4 heteroatoms. The maximum Gasteiger partial charge on any atom is 0.255 e. The lowest BCUT2D eigenvalue weighted by molar-refractivity contribution is 0.0641. The highest BCUT2D eigenvalue weighted by atomic mass is 79.9. The summed E-state index contributed by atoms with van der Waals surface area (Å²) in [5.41, 5.74) is 1.96. The van der Waals surface area contributed by atoms with Gasteiger partial charge in [-0.25, -0.2) is 0 Å². The molecule has 2 unspecified atom stereocenters. The predicted molar refractivity (Wildman–Crippen MR) is 79.2 cm³/mol. The second kappa shape index (κ2) is 5.25. The van der Waals surface area contributed by atoms with Crippen LogP contribution in [0.2, 0.25) is 0 Å². The summed E-state index contributed by atoms with van der Waals surface area (Å²) in [6, 6.07) is 5.94. The average molecular weight is 323 g/mol. The van der Waals surface area contributed by atoms with Gasteiger partial charge in [0.2, 0.25) is 0 Å². The van der Waals surface area contributed by atoms with E-state index in [0.717, 1.165) is 48.6 Å². The topological polar surface area (TPSA) is 32.3 Å². The molecule has 2 atom stereocenters. The molecule has 3 rings (SSSR count). The number of carbonyl (C=O) groups excluding carboxylic acids is 1. The van der Waals surface area contributed by atoms with E-state index >= 15 is 0 Å². The molecule has 1 aromatic carbocycles. The van der Waals surface area contributed by atoms with Crippen LogP contribution in [0.5, 0.6) is 0 Å². The Morgan fingerprint density at radius 3 is 2.95 bits per heavy atom. The monoisotopic (exact) mass is 322 g/mol. The van der Waals surface area contributed by atoms with E-state index in [4.69, 9.17) is 0 Å². The van der Waals surface area contributed by atoms with E-state index in [-0.39, 0.29) is 5.91 Å². The number of rotatable bonds is 1. The number of benzene rings is 1. The molecule has 3 nitrogen and oxygen atoms in total. The van der Waals surface area contributed by atoms with Crippen LogP contribution in [-0.2, 0) is 0 Å². The summed E-state index contributed by atoms with van der Waals surface area (Å²) in [4.78, 5) is 14.6. The molecule has 102 valence electrons. The van der Waals surface area contributed by atoms with Crippen molar-refractivity contribution in [1.29, 1.82) is 0 Å². The van der Waals surface area contributed by atoms with Gasteiger partial charge in [0.25, 0.3) is 5.91 Å². The summed E-state index contributed by atoms with van der Waals surface area (Å²) in [7, 11) is 0. The van der Waals surface area contributed by atoms with Crippen molar-refractivity contribution in [3.05, 3.63) is 33.8 Å². The van der Waals surface area contributed by atoms with Gasteiger partial charge in [-0.2, -0.15) is 0 Å². The summed E-state index contributed by atoms with van der Waals surface area (Å²) < 4.78 is 0.907. The first-order valence-corrected chi connectivity index (χ1v) is 7.70. The molecule has 2 heterocycles. The van der Waals surface area contributed by atoms with Crippen molar-refractivity contribution in [3.8, 4) is 0 Å². The van der Waals surface area contributed by atoms with Gasteiger partial charge in [0, 0.05) is 17.6 Å². The van der Waals surface area contributed by atoms with Crippen molar-refractivity contribution in [1.82, 2.24) is 10.2 Å². The molecule has 0 aliphatic carbocycles. The minimum absolute atomic E-state index is 0.164. The third kappa shape index (κ3) is 2.56. The molecule has 0 bridgehead atoms. The van der Waals surface area contributed by atoms with Crippen LogP contribution < -0.4 is 5.32 Å². The van der Waals surface area contributed by atoms with Crippen LogP contribution >= 0.6 is 15.9 Å². The highest BCUT2D eigenvalue weighted by Crippen LogP contribution is 2.28. The second-order valence-corrected chi connectivity index (χ2v) is 6.56. The lowest BCUT2D eigenvalue weighted by atomic mass is 9.88. The van der Waals surface area contributed by atoms with E-state index in [1.54, 1.807) is 0 Å². The van der Waals surface area contributed by atoms with E-state index in [1.165, 1.54) is 5.56 Å². The number of carbonyl (C=O) groups is 1. The van der Waals surface area contributed by atoms with E-state index in [2.05, 4.69) is 21.2 Å². The standard InChI is InChI=1S/C15H19BrN2O/c1-10-2-3-13(14(16)6-10)15(19)18-5-4-11-7-17-8-12(11)9-18/h2-3,6,11-12,17H,4-5,7-9H2,1H3. The zero-order valence-electron chi connectivity index (χ0n) is 11.2. The van der Waals surface area contributed by atoms with Gasteiger partial charge in [-0.05, 0) is 71.9 Å². The minimum Gasteiger partial charge on any atom is -0.338 e. The van der Waals surface area contributed by atoms with Crippen molar-refractivity contribution >= 4 is 21.8 Å². The number of aryl methyl sites for hydroxylation is 1. The van der Waals surface area contributed by atoms with Gasteiger partial charge in [0.15, 0.2) is 0 Å². The molecular formula is C15H19BrN2O. The summed E-state index contributed by atoms with van der Waals surface area (Å²) >= 11 is 3.51. The first-order chi connectivity index (χ1) is 9.15. The van der Waals surface area contributed by atoms with Gasteiger partial charge < -0.3 is 10.2 Å². The quantitative estimate of drug-likeness (QED) is 0.861. The molecule has 0 saturated carbocycles. The van der Waals surface area contributed by atoms with Crippen LogP contribution in [0.25, 0.3) is 0 Å². The lowest BCUT2D eigenvalue weighted by Gasteiger charge is -2.34. The number of halogens is 1. The number of piperidine rings is 1. The van der Waals surface area contributed by atoms with Crippen molar-refractivity contribution < 1.29 is 4.79 Å². The van der Waals surface area contributed by atoms with Gasteiger partial charge in [0.05, 0.1) is 5.56 Å². The first kappa shape index (κ1) is 13.1. The Labute approximate surface area is 122 Å². The molecule has 2 saturated heterocycles. The van der Waals surface area contributed by atoms with Gasteiger partial charge in [-0.15, -0.1) is 0 Å². The summed E-state index contributed by atoms with van der Waals surface area (Å²) in [5.74, 6) is 1.57. The Morgan fingerprint density at radius 1 is 1.37 bits per heavy atom. The van der Waals surface area contributed by atoms with Crippen LogP contribution in [0.3, 0.4) is 0 Å². The summed E-state index contributed by atoms with van der Waals surface area (Å²) in [6.07, 6.45) is 1.13. The third-order valence-corrected chi connectivity index (χ3v) is 5.00. The Bertz CT molecular complexity index is 503. The lowest BCUT2D eigenvalue weighted by Crippen LogP contribution is -2.43. The molecule has 0 spiro atoms. The number of amides is 1. The van der Waals surface area contributed by atoms with Gasteiger partial charge >= 0.3 is 0 Å². The van der Waals surface area contributed by atoms with Crippen LogP contribution in [0, 0.1) is 18.8 Å². The number of hydrogen-bond acceptors (Lipinski definition) is 2. The summed E-state index contributed by atoms with van der Waals surface area (Å²) in [5, 5.41) is 3.44. The number of nitrogens with zero attached hydrogens (tertiary/aromatic N) is 1. The molecule has 1 N–H and O–H groups in total. The largest absolute Gasteiger partial charge is 0.338 e. The smallest absolute Gasteiger partial charge is 0.255 e. The Hall–Kier alpha value is -0.870. The Morgan fingerprint density at radius 2 is 2.16 bits per heavy atom. The number of nitrogens with one attached hydrogen (secondary N) is 1. The molecule has 2 fully saturated rings. The van der Waals surface area contributed by atoms with E-state index < -0.39 is 0 Å². The molecular weight excluding hydrogens is 304 g/mol. The van der Waals surface area contributed by atoms with Gasteiger partial charge in [-0.1, -0.05) is 6.07 Å². The average Bonchev–Trinajstić information content (AvgIpc) is 2.85. The number of likely N-dealkylation sites (tertiary alicyclic amines) is 1. The van der Waals surface area contributed by atoms with E-state index in [9.17, 15) is 4.79 Å². The molecule has 1 aromatic rings. The van der Waals surface area contributed by atoms with Crippen LogP contribution in [-0.4, -0.2) is 37.0 Å². The number of hydrogen-bond donors (Lipinski definition) is 1. The van der Waals surface area contributed by atoms with Crippen molar-refractivity contribution in [2.75, 3.05) is 26.2 Å². The summed E-state index contributed by atoms with van der Waals surface area (Å²) in [6.45, 7) is 6.01. The second-order valence-electron chi connectivity index (χ2n) is 5.70. The van der Waals surface area contributed by atoms with Crippen LogP contribution in [0.15, 0.2) is 22.7 Å². The van der Waals surface area contributed by atoms with E-state index in [0.29, 0.717) is 5.92 Å². The van der Waals surface area contributed by atoms with Crippen molar-refractivity contribution in [2.45, 2.75) is 13.3 Å². The SMILES string of the molecule is Cc1ccc(C(=O)N2CCC3CNCC3C2)c(Br)c1. The van der Waals surface area contributed by atoms with E-state index in [1.807, 2.05) is 30.0 Å². The highest BCUT2D eigenvalue weighted by Gasteiger charge is 2.34. The minimum atomic E-state index is 0.164. The first-order valence-electron chi connectivity index (χ1n) is 6.91. The Kier molecular flexibility index (Phi) is 3.63. The maximum absolute atomic E-state index is 12.6. The number of fused-ring (bicyclic) bond motifs is 1. The molecule has 0 radical (unpaired) electrons. The van der Waals surface area contributed by atoms with Crippen molar-refractivity contribution in [2.24, 2.45) is 11.8 Å². The highest BCUT2D eigenvalue weighted by molar-refractivity contribution is 9.10. The fraction of sp³-hybridized carbons (Fsp3) is 0.533. The predicted octanol–water partition coefficient (Wildman–Crippen LogP) is 2.44. The molecule has 2 aliphatic heterocycles. The third-order valence-electron chi connectivity index (χ3n) is 4.35. The molecule has 2 aliphatic rings. The maximum atomic E-state index is 12.6. The molecule has 19 heavy (non-hydrogen) atoms. The van der Waals surface area contributed by atoms with Crippen LogP contribution in [0.1, 0.15) is 22.3 Å².